The minimum absolute atomic E-state index is 0.126. The van der Waals surface area contributed by atoms with Gasteiger partial charge >= 0.3 is 5.97 Å². The highest BCUT2D eigenvalue weighted by molar-refractivity contribution is 6.04. The highest BCUT2D eigenvalue weighted by Gasteiger charge is 2.21. The molecule has 2 aromatic carbocycles. The molecule has 0 spiro atoms. The molecule has 0 aliphatic carbocycles. The van der Waals surface area contributed by atoms with Crippen molar-refractivity contribution >= 4 is 28.5 Å². The molecular formula is C21H20N2O4. The van der Waals surface area contributed by atoms with Gasteiger partial charge in [0.1, 0.15) is 0 Å². The first-order chi connectivity index (χ1) is 13.0. The molecule has 2 N–H and O–H groups in total. The molecule has 1 aromatic heterocycles. The highest BCUT2D eigenvalue weighted by Crippen LogP contribution is 2.17. The molecule has 1 amide bonds. The van der Waals surface area contributed by atoms with E-state index in [0.29, 0.717) is 16.6 Å². The summed E-state index contributed by atoms with van der Waals surface area (Å²) in [6.45, 7) is 3.54. The number of nitrogens with one attached hydrogen (secondary N) is 2. The van der Waals surface area contributed by atoms with Crippen molar-refractivity contribution in [3.05, 3.63) is 76.1 Å². The third-order valence-electron chi connectivity index (χ3n) is 4.25. The van der Waals surface area contributed by atoms with E-state index in [-0.39, 0.29) is 5.56 Å². The second-order valence-corrected chi connectivity index (χ2v) is 6.18. The molecule has 0 aliphatic rings. The zero-order valence-electron chi connectivity index (χ0n) is 15.1. The van der Waals surface area contributed by atoms with Crippen molar-refractivity contribution in [2.45, 2.75) is 26.4 Å². The summed E-state index contributed by atoms with van der Waals surface area (Å²) in [6.07, 6.45) is -0.103. The van der Waals surface area contributed by atoms with Crippen LogP contribution in [-0.4, -0.2) is 23.0 Å². The van der Waals surface area contributed by atoms with E-state index < -0.39 is 23.5 Å². The van der Waals surface area contributed by atoms with Gasteiger partial charge in [0.05, 0.1) is 5.56 Å². The number of hydrogen-bond acceptors (Lipinski definition) is 4. The Balaban J connectivity index is 1.73. The maximum Gasteiger partial charge on any atom is 0.339 e. The summed E-state index contributed by atoms with van der Waals surface area (Å²) in [6, 6.07) is 15.6. The van der Waals surface area contributed by atoms with E-state index in [1.807, 2.05) is 19.1 Å². The van der Waals surface area contributed by atoms with Crippen LogP contribution >= 0.6 is 0 Å². The Kier molecular flexibility index (Phi) is 5.35. The zero-order chi connectivity index (χ0) is 19.4. The fourth-order valence-corrected chi connectivity index (χ4v) is 2.72. The van der Waals surface area contributed by atoms with Gasteiger partial charge in [-0.25, -0.2) is 4.79 Å². The van der Waals surface area contributed by atoms with E-state index in [1.165, 1.54) is 13.0 Å². The summed E-state index contributed by atoms with van der Waals surface area (Å²) in [5, 5.41) is 3.27. The Morgan fingerprint density at radius 2 is 1.81 bits per heavy atom. The van der Waals surface area contributed by atoms with Crippen LogP contribution in [0.5, 0.6) is 0 Å². The number of esters is 1. The van der Waals surface area contributed by atoms with Gasteiger partial charge in [-0.1, -0.05) is 37.3 Å². The molecule has 0 bridgehead atoms. The van der Waals surface area contributed by atoms with E-state index in [1.54, 1.807) is 36.4 Å². The van der Waals surface area contributed by atoms with Crippen molar-refractivity contribution in [3.8, 4) is 0 Å². The number of fused-ring (bicyclic) bond motifs is 1. The van der Waals surface area contributed by atoms with Gasteiger partial charge in [0.2, 0.25) is 5.56 Å². The fraction of sp³-hybridized carbons (Fsp3) is 0.190. The third kappa shape index (κ3) is 4.23. The summed E-state index contributed by atoms with van der Waals surface area (Å²) in [4.78, 5) is 39.3. The first-order valence-electron chi connectivity index (χ1n) is 8.70. The molecular weight excluding hydrogens is 344 g/mol. The van der Waals surface area contributed by atoms with Crippen LogP contribution in [0.2, 0.25) is 0 Å². The number of anilines is 1. The Morgan fingerprint density at radius 1 is 1.11 bits per heavy atom. The Hall–Kier alpha value is -3.41. The maximum atomic E-state index is 12.5. The second-order valence-electron chi connectivity index (χ2n) is 6.18. The molecule has 0 unspecified atom stereocenters. The molecule has 1 atom stereocenters. The van der Waals surface area contributed by atoms with Crippen molar-refractivity contribution in [1.82, 2.24) is 4.98 Å². The third-order valence-corrected chi connectivity index (χ3v) is 4.25. The quantitative estimate of drug-likeness (QED) is 0.680. The molecule has 0 saturated carbocycles. The molecule has 0 saturated heterocycles. The fourth-order valence-electron chi connectivity index (χ4n) is 2.72. The smallest absolute Gasteiger partial charge is 0.339 e. The minimum Gasteiger partial charge on any atom is -0.449 e. The van der Waals surface area contributed by atoms with Gasteiger partial charge < -0.3 is 15.0 Å². The number of para-hydroxylation sites is 1. The number of hydrogen-bond donors (Lipinski definition) is 2. The predicted octanol–water partition coefficient (Wildman–Crippen LogP) is 3.27. The van der Waals surface area contributed by atoms with Gasteiger partial charge in [0, 0.05) is 22.7 Å². The molecule has 1 heterocycles. The second kappa shape index (κ2) is 7.86. The van der Waals surface area contributed by atoms with Crippen LogP contribution in [-0.2, 0) is 16.0 Å². The van der Waals surface area contributed by atoms with Gasteiger partial charge in [-0.3, -0.25) is 9.59 Å². The molecule has 27 heavy (non-hydrogen) atoms. The number of pyridine rings is 1. The molecule has 0 aliphatic heterocycles. The summed E-state index contributed by atoms with van der Waals surface area (Å²) >= 11 is 0. The SMILES string of the molecule is CCc1ccc(NC(=O)[C@@H](C)OC(=O)c2cc(=O)[nH]c3ccccc23)cc1. The summed E-state index contributed by atoms with van der Waals surface area (Å²) in [7, 11) is 0. The lowest BCUT2D eigenvalue weighted by atomic mass is 10.1. The summed E-state index contributed by atoms with van der Waals surface area (Å²) in [5.41, 5.74) is 2.04. The number of H-pyrrole nitrogens is 1. The van der Waals surface area contributed by atoms with Crippen LogP contribution in [0.15, 0.2) is 59.4 Å². The molecule has 3 aromatic rings. The van der Waals surface area contributed by atoms with Crippen LogP contribution < -0.4 is 10.9 Å². The van der Waals surface area contributed by atoms with E-state index in [0.717, 1.165) is 12.0 Å². The van der Waals surface area contributed by atoms with Crippen LogP contribution in [0.3, 0.4) is 0 Å². The monoisotopic (exact) mass is 364 g/mol. The number of rotatable bonds is 5. The lowest BCUT2D eigenvalue weighted by Crippen LogP contribution is -2.30. The van der Waals surface area contributed by atoms with Gasteiger partial charge in [0.25, 0.3) is 5.91 Å². The van der Waals surface area contributed by atoms with Crippen molar-refractivity contribution in [3.63, 3.8) is 0 Å². The van der Waals surface area contributed by atoms with E-state index >= 15 is 0 Å². The van der Waals surface area contributed by atoms with Crippen LogP contribution in [0.25, 0.3) is 10.9 Å². The number of carbonyl (C=O) groups is 2. The molecule has 3 rings (SSSR count). The molecule has 0 radical (unpaired) electrons. The normalized spacial score (nSPS) is 11.8. The molecule has 6 heteroatoms. The summed E-state index contributed by atoms with van der Waals surface area (Å²) in [5.74, 6) is -1.16. The van der Waals surface area contributed by atoms with E-state index in [9.17, 15) is 14.4 Å². The lowest BCUT2D eigenvalue weighted by Gasteiger charge is -2.14. The number of aryl methyl sites for hydroxylation is 1. The molecule has 138 valence electrons. The van der Waals surface area contributed by atoms with Crippen LogP contribution in [0, 0.1) is 0 Å². The summed E-state index contributed by atoms with van der Waals surface area (Å²) < 4.78 is 5.27. The number of aromatic nitrogens is 1. The van der Waals surface area contributed by atoms with Gasteiger partial charge in [-0.05, 0) is 37.1 Å². The number of benzene rings is 2. The Labute approximate surface area is 156 Å². The number of aromatic amines is 1. The average Bonchev–Trinajstić information content (AvgIpc) is 2.67. The van der Waals surface area contributed by atoms with Crippen molar-refractivity contribution in [1.29, 1.82) is 0 Å². The van der Waals surface area contributed by atoms with E-state index in [4.69, 9.17) is 4.74 Å². The van der Waals surface area contributed by atoms with Crippen molar-refractivity contribution in [2.24, 2.45) is 0 Å². The topological polar surface area (TPSA) is 88.3 Å². The van der Waals surface area contributed by atoms with E-state index in [2.05, 4.69) is 10.3 Å². The van der Waals surface area contributed by atoms with Crippen LogP contribution in [0.4, 0.5) is 5.69 Å². The Morgan fingerprint density at radius 3 is 2.52 bits per heavy atom. The number of carbonyl (C=O) groups excluding carboxylic acids is 2. The van der Waals surface area contributed by atoms with Gasteiger partial charge in [-0.2, -0.15) is 0 Å². The van der Waals surface area contributed by atoms with Gasteiger partial charge in [0.15, 0.2) is 6.10 Å². The molecule has 0 fully saturated rings. The molecule has 6 nitrogen and oxygen atoms in total. The maximum absolute atomic E-state index is 12.5. The standard InChI is InChI=1S/C21H20N2O4/c1-3-14-8-10-15(11-9-14)22-20(25)13(2)27-21(26)17-12-19(24)23-18-7-5-4-6-16(17)18/h4-13H,3H2,1-2H3,(H,22,25)(H,23,24)/t13-/m1/s1. The van der Waals surface area contributed by atoms with Gasteiger partial charge in [-0.15, -0.1) is 0 Å². The zero-order valence-corrected chi connectivity index (χ0v) is 15.1. The highest BCUT2D eigenvalue weighted by atomic mass is 16.5. The minimum atomic E-state index is -1.01. The van der Waals surface area contributed by atoms with Crippen molar-refractivity contribution in [2.75, 3.05) is 5.32 Å². The van der Waals surface area contributed by atoms with Crippen LogP contribution in [0.1, 0.15) is 29.8 Å². The average molecular weight is 364 g/mol. The number of ether oxygens (including phenoxy) is 1. The predicted molar refractivity (Wildman–Crippen MR) is 104 cm³/mol. The largest absolute Gasteiger partial charge is 0.449 e. The Bertz CT molecular complexity index is 1040. The van der Waals surface area contributed by atoms with Crippen molar-refractivity contribution < 1.29 is 14.3 Å². The first kappa shape index (κ1) is 18.4. The first-order valence-corrected chi connectivity index (χ1v) is 8.70. The lowest BCUT2D eigenvalue weighted by molar-refractivity contribution is -0.123. The number of amides is 1.